The van der Waals surface area contributed by atoms with Crippen molar-refractivity contribution in [1.29, 1.82) is 0 Å². The molecule has 0 fully saturated rings. The van der Waals surface area contributed by atoms with Gasteiger partial charge in [0, 0.05) is 16.8 Å². The summed E-state index contributed by atoms with van der Waals surface area (Å²) >= 11 is 0. The lowest BCUT2D eigenvalue weighted by Crippen LogP contribution is -2.15. The van der Waals surface area contributed by atoms with E-state index in [0.29, 0.717) is 18.8 Å². The number of rotatable bonds is 7. The van der Waals surface area contributed by atoms with Crippen molar-refractivity contribution in [2.75, 3.05) is 11.9 Å². The first-order chi connectivity index (χ1) is 15.2. The van der Waals surface area contributed by atoms with Crippen LogP contribution in [-0.2, 0) is 12.0 Å². The molecule has 0 saturated carbocycles. The standard InChI is InChI=1S/C28H33NO3/c1-7-31-25-15-13-21(27(30)29-24-14-12-19(2)16-20(24)3)17-22(25)18-32-26-11-9-8-10-23(26)28(4,5)6/h8-17H,7,18H2,1-6H3,(H,29,30). The van der Waals surface area contributed by atoms with Gasteiger partial charge in [-0.2, -0.15) is 0 Å². The van der Waals surface area contributed by atoms with Crippen LogP contribution >= 0.6 is 0 Å². The van der Waals surface area contributed by atoms with E-state index in [9.17, 15) is 4.79 Å². The highest BCUT2D eigenvalue weighted by Crippen LogP contribution is 2.32. The van der Waals surface area contributed by atoms with E-state index in [1.165, 1.54) is 0 Å². The third kappa shape index (κ3) is 5.70. The van der Waals surface area contributed by atoms with Crippen molar-refractivity contribution >= 4 is 11.6 Å². The zero-order valence-corrected chi connectivity index (χ0v) is 19.9. The molecule has 0 heterocycles. The number of benzene rings is 3. The number of para-hydroxylation sites is 1. The largest absolute Gasteiger partial charge is 0.493 e. The molecular formula is C28H33NO3. The number of amides is 1. The lowest BCUT2D eigenvalue weighted by Gasteiger charge is -2.23. The molecule has 0 bridgehead atoms. The highest BCUT2D eigenvalue weighted by Gasteiger charge is 2.19. The van der Waals surface area contributed by atoms with E-state index in [0.717, 1.165) is 39.4 Å². The molecule has 0 spiro atoms. The van der Waals surface area contributed by atoms with Crippen LogP contribution < -0.4 is 14.8 Å². The third-order valence-corrected chi connectivity index (χ3v) is 5.33. The number of anilines is 1. The van der Waals surface area contributed by atoms with E-state index < -0.39 is 0 Å². The van der Waals surface area contributed by atoms with Crippen molar-refractivity contribution in [3.8, 4) is 11.5 Å². The van der Waals surface area contributed by atoms with Crippen LogP contribution in [0.4, 0.5) is 5.69 Å². The molecule has 4 nitrogen and oxygen atoms in total. The van der Waals surface area contributed by atoms with Crippen LogP contribution in [0.5, 0.6) is 11.5 Å². The van der Waals surface area contributed by atoms with Crippen molar-refractivity contribution < 1.29 is 14.3 Å². The molecule has 4 heteroatoms. The Balaban J connectivity index is 1.84. The van der Waals surface area contributed by atoms with Crippen molar-refractivity contribution in [2.45, 2.75) is 53.6 Å². The molecular weight excluding hydrogens is 398 g/mol. The van der Waals surface area contributed by atoms with Crippen molar-refractivity contribution in [2.24, 2.45) is 0 Å². The Hall–Kier alpha value is -3.27. The topological polar surface area (TPSA) is 47.6 Å². The number of carbonyl (C=O) groups is 1. The molecule has 0 aliphatic carbocycles. The first-order valence-electron chi connectivity index (χ1n) is 11.1. The molecule has 0 saturated heterocycles. The highest BCUT2D eigenvalue weighted by atomic mass is 16.5. The van der Waals surface area contributed by atoms with Gasteiger partial charge in [-0.3, -0.25) is 4.79 Å². The number of hydrogen-bond donors (Lipinski definition) is 1. The predicted octanol–water partition coefficient (Wildman–Crippen LogP) is 6.83. The molecule has 0 aliphatic rings. The zero-order valence-electron chi connectivity index (χ0n) is 19.9. The van der Waals surface area contributed by atoms with Crippen LogP contribution in [0.25, 0.3) is 0 Å². The van der Waals surface area contributed by atoms with Gasteiger partial charge in [0.2, 0.25) is 0 Å². The first kappa shape index (κ1) is 23.4. The van der Waals surface area contributed by atoms with Gasteiger partial charge < -0.3 is 14.8 Å². The predicted molar refractivity (Wildman–Crippen MR) is 131 cm³/mol. The quantitative estimate of drug-likeness (QED) is 0.446. The van der Waals surface area contributed by atoms with Crippen LogP contribution in [0.3, 0.4) is 0 Å². The summed E-state index contributed by atoms with van der Waals surface area (Å²) in [6, 6.07) is 19.5. The summed E-state index contributed by atoms with van der Waals surface area (Å²) in [5.41, 5.74) is 5.52. The zero-order chi connectivity index (χ0) is 23.3. The Morgan fingerprint density at radius 3 is 2.34 bits per heavy atom. The van der Waals surface area contributed by atoms with Crippen molar-refractivity contribution in [3.63, 3.8) is 0 Å². The highest BCUT2D eigenvalue weighted by molar-refractivity contribution is 6.04. The molecule has 0 aromatic heterocycles. The van der Waals surface area contributed by atoms with Gasteiger partial charge in [-0.25, -0.2) is 0 Å². The third-order valence-electron chi connectivity index (χ3n) is 5.33. The fourth-order valence-electron chi connectivity index (χ4n) is 3.65. The van der Waals surface area contributed by atoms with Gasteiger partial charge in [0.25, 0.3) is 5.91 Å². The Morgan fingerprint density at radius 2 is 1.66 bits per heavy atom. The lowest BCUT2D eigenvalue weighted by atomic mass is 9.86. The normalized spacial score (nSPS) is 11.2. The van der Waals surface area contributed by atoms with Gasteiger partial charge in [-0.05, 0) is 67.6 Å². The summed E-state index contributed by atoms with van der Waals surface area (Å²) in [7, 11) is 0. The number of aryl methyl sites for hydroxylation is 2. The molecule has 32 heavy (non-hydrogen) atoms. The average molecular weight is 432 g/mol. The fourth-order valence-corrected chi connectivity index (χ4v) is 3.65. The van der Waals surface area contributed by atoms with Gasteiger partial charge in [0.1, 0.15) is 18.1 Å². The fraction of sp³-hybridized carbons (Fsp3) is 0.321. The Bertz CT molecular complexity index is 1100. The van der Waals surface area contributed by atoms with Gasteiger partial charge in [-0.15, -0.1) is 0 Å². The monoisotopic (exact) mass is 431 g/mol. The maximum atomic E-state index is 12.9. The molecule has 168 valence electrons. The summed E-state index contributed by atoms with van der Waals surface area (Å²) in [6.07, 6.45) is 0. The average Bonchev–Trinajstić information content (AvgIpc) is 2.74. The second-order valence-corrected chi connectivity index (χ2v) is 9.06. The van der Waals surface area contributed by atoms with Crippen LogP contribution in [0, 0.1) is 13.8 Å². The maximum Gasteiger partial charge on any atom is 0.255 e. The van der Waals surface area contributed by atoms with Crippen LogP contribution in [0.2, 0.25) is 0 Å². The van der Waals surface area contributed by atoms with Gasteiger partial charge >= 0.3 is 0 Å². The molecule has 3 aromatic rings. The second-order valence-electron chi connectivity index (χ2n) is 9.06. The van der Waals surface area contributed by atoms with Gasteiger partial charge in [0.15, 0.2) is 0 Å². The Kier molecular flexibility index (Phi) is 7.24. The SMILES string of the molecule is CCOc1ccc(C(=O)Nc2ccc(C)cc2C)cc1COc1ccccc1C(C)(C)C. The van der Waals surface area contributed by atoms with E-state index in [1.807, 2.05) is 63.2 Å². The van der Waals surface area contributed by atoms with Gasteiger partial charge in [-0.1, -0.05) is 56.7 Å². The van der Waals surface area contributed by atoms with Gasteiger partial charge in [0.05, 0.1) is 6.61 Å². The number of carbonyl (C=O) groups excluding carboxylic acids is 1. The molecule has 3 rings (SSSR count). The smallest absolute Gasteiger partial charge is 0.255 e. The maximum absolute atomic E-state index is 12.9. The van der Waals surface area contributed by atoms with Crippen molar-refractivity contribution in [1.82, 2.24) is 0 Å². The molecule has 3 aromatic carbocycles. The van der Waals surface area contributed by atoms with Crippen molar-refractivity contribution in [3.05, 3.63) is 88.5 Å². The van der Waals surface area contributed by atoms with E-state index in [4.69, 9.17) is 9.47 Å². The molecule has 0 aliphatic heterocycles. The molecule has 0 radical (unpaired) electrons. The van der Waals surface area contributed by atoms with E-state index >= 15 is 0 Å². The first-order valence-corrected chi connectivity index (χ1v) is 11.1. The summed E-state index contributed by atoms with van der Waals surface area (Å²) in [6.45, 7) is 13.3. The molecule has 0 atom stereocenters. The summed E-state index contributed by atoms with van der Waals surface area (Å²) in [5, 5.41) is 3.01. The van der Waals surface area contributed by atoms with Crippen LogP contribution in [-0.4, -0.2) is 12.5 Å². The molecule has 0 unspecified atom stereocenters. The minimum absolute atomic E-state index is 0.0347. The van der Waals surface area contributed by atoms with E-state index in [-0.39, 0.29) is 11.3 Å². The number of hydrogen-bond acceptors (Lipinski definition) is 3. The Labute approximate surface area is 191 Å². The van der Waals surface area contributed by atoms with Crippen LogP contribution in [0.1, 0.15) is 60.3 Å². The van der Waals surface area contributed by atoms with E-state index in [2.05, 4.69) is 38.2 Å². The van der Waals surface area contributed by atoms with E-state index in [1.54, 1.807) is 6.07 Å². The minimum atomic E-state index is -0.156. The Morgan fingerprint density at radius 1 is 0.906 bits per heavy atom. The molecule has 1 amide bonds. The summed E-state index contributed by atoms with van der Waals surface area (Å²) < 4.78 is 12.0. The number of ether oxygens (including phenoxy) is 2. The number of nitrogens with one attached hydrogen (secondary N) is 1. The summed E-state index contributed by atoms with van der Waals surface area (Å²) in [4.78, 5) is 12.9. The summed E-state index contributed by atoms with van der Waals surface area (Å²) in [5.74, 6) is 1.41. The van der Waals surface area contributed by atoms with Crippen LogP contribution in [0.15, 0.2) is 60.7 Å². The minimum Gasteiger partial charge on any atom is -0.493 e. The molecule has 1 N–H and O–H groups in total. The lowest BCUT2D eigenvalue weighted by molar-refractivity contribution is 0.102. The second kappa shape index (κ2) is 9.90.